The van der Waals surface area contributed by atoms with Crippen LogP contribution in [0.15, 0.2) is 24.3 Å². The maximum Gasteiger partial charge on any atom is 0.317 e. The van der Waals surface area contributed by atoms with Gasteiger partial charge < -0.3 is 14.8 Å². The maximum atomic E-state index is 11.8. The van der Waals surface area contributed by atoms with Crippen molar-refractivity contribution in [2.24, 2.45) is 0 Å². The van der Waals surface area contributed by atoms with Crippen molar-refractivity contribution in [2.75, 3.05) is 19.6 Å². The molecule has 0 bridgehead atoms. The molecule has 0 spiro atoms. The molecule has 2 rings (SSSR count). The minimum atomic E-state index is 0.0206. The predicted octanol–water partition coefficient (Wildman–Crippen LogP) is 2.79. The van der Waals surface area contributed by atoms with Crippen LogP contribution in [0.3, 0.4) is 0 Å². The lowest BCUT2D eigenvalue weighted by molar-refractivity contribution is 0.203. The van der Waals surface area contributed by atoms with Crippen LogP contribution in [0.25, 0.3) is 11.0 Å². The van der Waals surface area contributed by atoms with E-state index >= 15 is 0 Å². The Labute approximate surface area is 126 Å². The summed E-state index contributed by atoms with van der Waals surface area (Å²) in [6, 6.07) is 8.17. The number of carbonyl (C=O) groups excluding carboxylic acids is 1. The fourth-order valence-corrected chi connectivity index (χ4v) is 2.53. The van der Waals surface area contributed by atoms with E-state index in [4.69, 9.17) is 0 Å². The third-order valence-corrected chi connectivity index (χ3v) is 3.73. The first-order valence-corrected chi connectivity index (χ1v) is 7.62. The van der Waals surface area contributed by atoms with Crippen molar-refractivity contribution in [2.45, 2.75) is 33.7 Å². The number of rotatable bonds is 6. The zero-order chi connectivity index (χ0) is 15.2. The molecule has 0 unspecified atom stereocenters. The van der Waals surface area contributed by atoms with Gasteiger partial charge in [0.2, 0.25) is 0 Å². The van der Waals surface area contributed by atoms with Gasteiger partial charge in [-0.1, -0.05) is 12.1 Å². The summed E-state index contributed by atoms with van der Waals surface area (Å²) in [7, 11) is 0. The van der Waals surface area contributed by atoms with E-state index in [9.17, 15) is 4.79 Å². The molecule has 0 atom stereocenters. The van der Waals surface area contributed by atoms with Gasteiger partial charge in [-0.3, -0.25) is 0 Å². The highest BCUT2D eigenvalue weighted by atomic mass is 16.2. The molecule has 0 aliphatic heterocycles. The van der Waals surface area contributed by atoms with Crippen LogP contribution in [-0.2, 0) is 6.54 Å². The quantitative estimate of drug-likeness (QED) is 0.831. The molecule has 0 saturated heterocycles. The third kappa shape index (κ3) is 3.54. The Morgan fingerprint density at radius 2 is 2.00 bits per heavy atom. The summed E-state index contributed by atoms with van der Waals surface area (Å²) in [4.78, 5) is 18.2. The highest BCUT2D eigenvalue weighted by Gasteiger charge is 2.09. The highest BCUT2D eigenvalue weighted by Crippen LogP contribution is 2.15. The summed E-state index contributed by atoms with van der Waals surface area (Å²) < 4.78 is 2.21. The SMILES string of the molecule is CCN(CC)C(=O)NCCCn1c(C)nc2ccccc21. The van der Waals surface area contributed by atoms with Crippen molar-refractivity contribution in [3.63, 3.8) is 0 Å². The standard InChI is InChI=1S/C16H24N4O/c1-4-19(5-2)16(21)17-11-8-12-20-13(3)18-14-9-6-7-10-15(14)20/h6-7,9-10H,4-5,8,11-12H2,1-3H3,(H,17,21). The topological polar surface area (TPSA) is 50.2 Å². The smallest absolute Gasteiger partial charge is 0.317 e. The average Bonchev–Trinajstić information content (AvgIpc) is 2.80. The van der Waals surface area contributed by atoms with Crippen LogP contribution in [0.2, 0.25) is 0 Å². The van der Waals surface area contributed by atoms with E-state index in [-0.39, 0.29) is 6.03 Å². The summed E-state index contributed by atoms with van der Waals surface area (Å²) in [6.45, 7) is 9.04. The normalized spacial score (nSPS) is 10.8. The van der Waals surface area contributed by atoms with E-state index in [1.165, 1.54) is 0 Å². The summed E-state index contributed by atoms with van der Waals surface area (Å²) in [5.74, 6) is 1.02. The fraction of sp³-hybridized carbons (Fsp3) is 0.500. The molecule has 2 aromatic rings. The van der Waals surface area contributed by atoms with E-state index in [2.05, 4.69) is 20.9 Å². The van der Waals surface area contributed by atoms with E-state index in [1.54, 1.807) is 4.90 Å². The number of amides is 2. The second kappa shape index (κ2) is 7.11. The predicted molar refractivity (Wildman–Crippen MR) is 85.4 cm³/mol. The Morgan fingerprint density at radius 3 is 2.71 bits per heavy atom. The second-order valence-corrected chi connectivity index (χ2v) is 5.06. The third-order valence-electron chi connectivity index (χ3n) is 3.73. The lowest BCUT2D eigenvalue weighted by Crippen LogP contribution is -2.40. The molecule has 0 aliphatic rings. The van der Waals surface area contributed by atoms with E-state index in [0.29, 0.717) is 6.54 Å². The Balaban J connectivity index is 1.88. The molecule has 5 heteroatoms. The van der Waals surface area contributed by atoms with Crippen LogP contribution >= 0.6 is 0 Å². The molecule has 2 amide bonds. The van der Waals surface area contributed by atoms with Crippen molar-refractivity contribution >= 4 is 17.1 Å². The molecule has 0 fully saturated rings. The summed E-state index contributed by atoms with van der Waals surface area (Å²) >= 11 is 0. The van der Waals surface area contributed by atoms with Gasteiger partial charge in [-0.2, -0.15) is 0 Å². The number of hydrogen-bond donors (Lipinski definition) is 1. The molecular formula is C16H24N4O. The van der Waals surface area contributed by atoms with Crippen molar-refractivity contribution in [1.82, 2.24) is 19.8 Å². The molecule has 21 heavy (non-hydrogen) atoms. The number of imidazole rings is 1. The van der Waals surface area contributed by atoms with Crippen LogP contribution in [-0.4, -0.2) is 40.1 Å². The number of benzene rings is 1. The first kappa shape index (κ1) is 15.4. The van der Waals surface area contributed by atoms with Gasteiger partial charge in [0, 0.05) is 26.2 Å². The maximum absolute atomic E-state index is 11.8. The van der Waals surface area contributed by atoms with Crippen LogP contribution in [0.5, 0.6) is 0 Å². The molecule has 1 N–H and O–H groups in total. The molecular weight excluding hydrogens is 264 g/mol. The number of nitrogens with one attached hydrogen (secondary N) is 1. The second-order valence-electron chi connectivity index (χ2n) is 5.06. The van der Waals surface area contributed by atoms with Gasteiger partial charge in [0.25, 0.3) is 0 Å². The van der Waals surface area contributed by atoms with Crippen LogP contribution < -0.4 is 5.32 Å². The van der Waals surface area contributed by atoms with Crippen molar-refractivity contribution in [3.05, 3.63) is 30.1 Å². The summed E-state index contributed by atoms with van der Waals surface area (Å²) in [6.07, 6.45) is 0.897. The van der Waals surface area contributed by atoms with Gasteiger partial charge in [-0.15, -0.1) is 0 Å². The number of aromatic nitrogens is 2. The molecule has 1 aromatic carbocycles. The minimum Gasteiger partial charge on any atom is -0.338 e. The monoisotopic (exact) mass is 288 g/mol. The lowest BCUT2D eigenvalue weighted by atomic mass is 10.3. The zero-order valence-corrected chi connectivity index (χ0v) is 13.1. The van der Waals surface area contributed by atoms with Crippen molar-refractivity contribution in [3.8, 4) is 0 Å². The van der Waals surface area contributed by atoms with Gasteiger partial charge in [0.15, 0.2) is 0 Å². The summed E-state index contributed by atoms with van der Waals surface area (Å²) in [5, 5.41) is 2.97. The number of para-hydroxylation sites is 2. The molecule has 0 radical (unpaired) electrons. The summed E-state index contributed by atoms with van der Waals surface area (Å²) in [5.41, 5.74) is 2.19. The van der Waals surface area contributed by atoms with Crippen molar-refractivity contribution in [1.29, 1.82) is 0 Å². The van der Waals surface area contributed by atoms with Gasteiger partial charge in [0.05, 0.1) is 11.0 Å². The van der Waals surface area contributed by atoms with Crippen LogP contribution in [0, 0.1) is 6.92 Å². The lowest BCUT2D eigenvalue weighted by Gasteiger charge is -2.19. The van der Waals surface area contributed by atoms with E-state index in [0.717, 1.165) is 42.9 Å². The number of aryl methyl sites for hydroxylation is 2. The minimum absolute atomic E-state index is 0.0206. The Kier molecular flexibility index (Phi) is 5.20. The largest absolute Gasteiger partial charge is 0.338 e. The Hall–Kier alpha value is -2.04. The average molecular weight is 288 g/mol. The van der Waals surface area contributed by atoms with Crippen LogP contribution in [0.1, 0.15) is 26.1 Å². The van der Waals surface area contributed by atoms with Gasteiger partial charge in [-0.05, 0) is 39.3 Å². The van der Waals surface area contributed by atoms with E-state index in [1.807, 2.05) is 39.0 Å². The van der Waals surface area contributed by atoms with Gasteiger partial charge in [0.1, 0.15) is 5.82 Å². The molecule has 0 saturated carbocycles. The zero-order valence-electron chi connectivity index (χ0n) is 13.1. The van der Waals surface area contributed by atoms with Crippen LogP contribution in [0.4, 0.5) is 4.79 Å². The Bertz CT molecular complexity index is 601. The number of carbonyl (C=O) groups is 1. The molecule has 1 aromatic heterocycles. The number of hydrogen-bond acceptors (Lipinski definition) is 2. The number of nitrogens with zero attached hydrogens (tertiary/aromatic N) is 3. The first-order valence-electron chi connectivity index (χ1n) is 7.62. The van der Waals surface area contributed by atoms with E-state index < -0.39 is 0 Å². The molecule has 1 heterocycles. The van der Waals surface area contributed by atoms with Gasteiger partial charge in [-0.25, -0.2) is 9.78 Å². The van der Waals surface area contributed by atoms with Crippen molar-refractivity contribution < 1.29 is 4.79 Å². The molecule has 5 nitrogen and oxygen atoms in total. The molecule has 0 aliphatic carbocycles. The first-order chi connectivity index (χ1) is 10.2. The molecule has 114 valence electrons. The Morgan fingerprint density at radius 1 is 1.29 bits per heavy atom. The number of urea groups is 1. The fourth-order valence-electron chi connectivity index (χ4n) is 2.53. The number of fused-ring (bicyclic) bond motifs is 1. The highest BCUT2D eigenvalue weighted by molar-refractivity contribution is 5.76. The van der Waals surface area contributed by atoms with Gasteiger partial charge >= 0.3 is 6.03 Å².